The van der Waals surface area contributed by atoms with Crippen molar-refractivity contribution in [2.75, 3.05) is 30.5 Å². The zero-order valence-electron chi connectivity index (χ0n) is 20.1. The number of nitrogen functional groups attached to an aromatic ring is 2. The predicted octanol–water partition coefficient (Wildman–Crippen LogP) is 3.14. The smallest absolute Gasteiger partial charge is 0.349 e. The third-order valence-electron chi connectivity index (χ3n) is 6.51. The van der Waals surface area contributed by atoms with E-state index in [-0.39, 0.29) is 5.82 Å². The van der Waals surface area contributed by atoms with Crippen molar-refractivity contribution in [2.24, 2.45) is 0 Å². The molecule has 0 amide bonds. The molecular weight excluding hydrogens is 472 g/mol. The van der Waals surface area contributed by atoms with Crippen molar-refractivity contribution in [1.82, 2.24) is 24.7 Å². The molecule has 4 heterocycles. The van der Waals surface area contributed by atoms with Gasteiger partial charge in [-0.15, -0.1) is 5.10 Å². The van der Waals surface area contributed by atoms with E-state index >= 15 is 0 Å². The van der Waals surface area contributed by atoms with Gasteiger partial charge < -0.3 is 31.2 Å². The number of aromatic nitrogens is 5. The van der Waals surface area contributed by atoms with Crippen molar-refractivity contribution in [3.63, 3.8) is 0 Å². The van der Waals surface area contributed by atoms with Crippen LogP contribution in [-0.2, 0) is 6.42 Å². The SMILES string of the molecule is COc1cc(C(Nc2ccc3c(N)[nH]cc3c2)c2nn(-c3ncccc3N)c(=O)[nH]2)cc2c1OCCC2. The van der Waals surface area contributed by atoms with E-state index in [4.69, 9.17) is 20.9 Å². The Morgan fingerprint density at radius 3 is 2.95 bits per heavy atom. The summed E-state index contributed by atoms with van der Waals surface area (Å²) in [5.41, 5.74) is 14.7. The molecule has 37 heavy (non-hydrogen) atoms. The Labute approximate surface area is 211 Å². The van der Waals surface area contributed by atoms with Crippen molar-refractivity contribution in [3.05, 3.63) is 82.3 Å². The topological polar surface area (TPSA) is 162 Å². The summed E-state index contributed by atoms with van der Waals surface area (Å²) in [7, 11) is 1.62. The molecule has 11 heteroatoms. The van der Waals surface area contributed by atoms with E-state index in [1.807, 2.05) is 30.5 Å². The lowest BCUT2D eigenvalue weighted by atomic mass is 9.97. The lowest BCUT2D eigenvalue weighted by molar-refractivity contribution is 0.269. The quantitative estimate of drug-likeness (QED) is 0.238. The van der Waals surface area contributed by atoms with Gasteiger partial charge in [0, 0.05) is 28.9 Å². The van der Waals surface area contributed by atoms with Crippen LogP contribution in [0, 0.1) is 0 Å². The zero-order chi connectivity index (χ0) is 25.5. The molecule has 188 valence electrons. The normalized spacial score (nSPS) is 13.6. The van der Waals surface area contributed by atoms with Crippen LogP contribution < -0.4 is 31.9 Å². The van der Waals surface area contributed by atoms with Crippen LogP contribution in [0.2, 0.25) is 0 Å². The summed E-state index contributed by atoms with van der Waals surface area (Å²) in [6.07, 6.45) is 5.18. The molecule has 0 bridgehead atoms. The van der Waals surface area contributed by atoms with Gasteiger partial charge in [-0.2, -0.15) is 4.68 Å². The average Bonchev–Trinajstić information content (AvgIpc) is 3.48. The van der Waals surface area contributed by atoms with Gasteiger partial charge >= 0.3 is 5.69 Å². The molecule has 0 spiro atoms. The van der Waals surface area contributed by atoms with Crippen LogP contribution in [0.3, 0.4) is 0 Å². The molecule has 3 aromatic heterocycles. The number of nitrogens with one attached hydrogen (secondary N) is 3. The number of anilines is 3. The second kappa shape index (κ2) is 8.94. The first kappa shape index (κ1) is 22.5. The highest BCUT2D eigenvalue weighted by Crippen LogP contribution is 2.39. The first-order valence-electron chi connectivity index (χ1n) is 11.9. The summed E-state index contributed by atoms with van der Waals surface area (Å²) in [5, 5.41) is 10.0. The maximum atomic E-state index is 13.0. The molecular formula is C26H26N8O3. The Hall–Kier alpha value is -4.93. The van der Waals surface area contributed by atoms with Gasteiger partial charge in [0.05, 0.1) is 19.4 Å². The van der Waals surface area contributed by atoms with Gasteiger partial charge in [-0.05, 0) is 66.4 Å². The van der Waals surface area contributed by atoms with E-state index in [9.17, 15) is 4.79 Å². The molecule has 1 aliphatic heterocycles. The van der Waals surface area contributed by atoms with Crippen LogP contribution in [0.4, 0.5) is 17.2 Å². The zero-order valence-corrected chi connectivity index (χ0v) is 20.1. The molecule has 1 atom stereocenters. The highest BCUT2D eigenvalue weighted by Gasteiger charge is 2.25. The summed E-state index contributed by atoms with van der Waals surface area (Å²) in [6, 6.07) is 12.7. The molecule has 0 fully saturated rings. The Balaban J connectivity index is 1.48. The van der Waals surface area contributed by atoms with Gasteiger partial charge in [0.15, 0.2) is 23.1 Å². The second-order valence-electron chi connectivity index (χ2n) is 8.89. The first-order chi connectivity index (χ1) is 18.0. The lowest BCUT2D eigenvalue weighted by Crippen LogP contribution is -2.18. The summed E-state index contributed by atoms with van der Waals surface area (Å²) < 4.78 is 12.7. The second-order valence-corrected chi connectivity index (χ2v) is 8.89. The third-order valence-corrected chi connectivity index (χ3v) is 6.51. The number of fused-ring (bicyclic) bond motifs is 2. The minimum atomic E-state index is -0.534. The highest BCUT2D eigenvalue weighted by atomic mass is 16.5. The van der Waals surface area contributed by atoms with E-state index in [2.05, 4.69) is 31.4 Å². The Morgan fingerprint density at radius 1 is 1.22 bits per heavy atom. The van der Waals surface area contributed by atoms with E-state index < -0.39 is 11.7 Å². The number of ether oxygens (including phenoxy) is 2. The van der Waals surface area contributed by atoms with Crippen LogP contribution in [0.5, 0.6) is 11.5 Å². The summed E-state index contributed by atoms with van der Waals surface area (Å²) in [6.45, 7) is 0.646. The molecule has 0 aliphatic carbocycles. The number of methoxy groups -OCH3 is 1. The van der Waals surface area contributed by atoms with Crippen molar-refractivity contribution >= 4 is 28.0 Å². The van der Waals surface area contributed by atoms with Gasteiger partial charge in [-0.3, -0.25) is 4.98 Å². The maximum absolute atomic E-state index is 13.0. The minimum Gasteiger partial charge on any atom is -0.493 e. The number of rotatable bonds is 6. The number of aryl methyl sites for hydroxylation is 1. The number of nitrogens with zero attached hydrogens (tertiary/aromatic N) is 3. The predicted molar refractivity (Wildman–Crippen MR) is 141 cm³/mol. The fourth-order valence-corrected chi connectivity index (χ4v) is 4.72. The van der Waals surface area contributed by atoms with E-state index in [1.54, 1.807) is 25.4 Å². The molecule has 5 aromatic rings. The van der Waals surface area contributed by atoms with Gasteiger partial charge in [0.25, 0.3) is 0 Å². The van der Waals surface area contributed by atoms with Crippen LogP contribution in [0.15, 0.2) is 59.7 Å². The summed E-state index contributed by atoms with van der Waals surface area (Å²) >= 11 is 0. The Kier molecular flexibility index (Phi) is 5.44. The Bertz CT molecular complexity index is 1650. The highest BCUT2D eigenvalue weighted by molar-refractivity contribution is 5.94. The van der Waals surface area contributed by atoms with E-state index in [1.165, 1.54) is 4.68 Å². The molecule has 6 rings (SSSR count). The summed E-state index contributed by atoms with van der Waals surface area (Å²) in [4.78, 5) is 23.1. The fraction of sp³-hybridized carbons (Fsp3) is 0.192. The Morgan fingerprint density at radius 2 is 2.11 bits per heavy atom. The molecule has 0 radical (unpaired) electrons. The van der Waals surface area contributed by atoms with Crippen LogP contribution in [-0.4, -0.2) is 38.4 Å². The number of hydrogen-bond donors (Lipinski definition) is 5. The lowest BCUT2D eigenvalue weighted by Gasteiger charge is -2.24. The summed E-state index contributed by atoms with van der Waals surface area (Å²) in [5.74, 6) is 2.63. The van der Waals surface area contributed by atoms with Gasteiger partial charge in [-0.25, -0.2) is 9.78 Å². The van der Waals surface area contributed by atoms with Gasteiger partial charge in [0.1, 0.15) is 11.9 Å². The minimum absolute atomic E-state index is 0.259. The van der Waals surface area contributed by atoms with E-state index in [0.717, 1.165) is 46.2 Å². The largest absolute Gasteiger partial charge is 0.493 e. The number of H-pyrrole nitrogens is 2. The van der Waals surface area contributed by atoms with Crippen molar-refractivity contribution in [3.8, 4) is 17.3 Å². The molecule has 2 aromatic carbocycles. The standard InChI is InChI=1S/C26H26N8O3/c1-36-20-12-15(10-14-4-3-9-37-22(14)20)21(31-17-6-7-18-16(11-17)13-30-23(18)28)24-32-26(35)34(33-24)25-19(27)5-2-8-29-25/h2,5-8,10-13,21,30-31H,3-4,9,27-28H2,1H3,(H,32,33,35). The molecule has 11 nitrogen and oxygen atoms in total. The molecule has 0 saturated heterocycles. The number of benzene rings is 2. The van der Waals surface area contributed by atoms with Crippen molar-refractivity contribution in [2.45, 2.75) is 18.9 Å². The van der Waals surface area contributed by atoms with Crippen molar-refractivity contribution < 1.29 is 9.47 Å². The monoisotopic (exact) mass is 498 g/mol. The van der Waals surface area contributed by atoms with Gasteiger partial charge in [0.2, 0.25) is 0 Å². The number of aromatic amines is 2. The third kappa shape index (κ3) is 3.99. The number of nitrogens with two attached hydrogens (primary N) is 2. The number of hydrogen-bond acceptors (Lipinski definition) is 8. The fourth-order valence-electron chi connectivity index (χ4n) is 4.72. The molecule has 7 N–H and O–H groups in total. The van der Waals surface area contributed by atoms with Crippen LogP contribution in [0.25, 0.3) is 16.6 Å². The molecule has 1 aliphatic rings. The molecule has 1 unspecified atom stereocenters. The van der Waals surface area contributed by atoms with Crippen molar-refractivity contribution in [1.29, 1.82) is 0 Å². The number of pyridine rings is 1. The van der Waals surface area contributed by atoms with Crippen LogP contribution >= 0.6 is 0 Å². The molecule has 0 saturated carbocycles. The van der Waals surface area contributed by atoms with E-state index in [0.29, 0.717) is 29.7 Å². The maximum Gasteiger partial charge on any atom is 0.349 e. The van der Waals surface area contributed by atoms with Crippen LogP contribution in [0.1, 0.15) is 29.4 Å². The van der Waals surface area contributed by atoms with Gasteiger partial charge in [-0.1, -0.05) is 0 Å². The first-order valence-corrected chi connectivity index (χ1v) is 11.9. The average molecular weight is 499 g/mol.